The Hall–Kier alpha value is -1.17. The van der Waals surface area contributed by atoms with Gasteiger partial charge in [-0.25, -0.2) is 4.98 Å². The van der Waals surface area contributed by atoms with Crippen LogP contribution in [0, 0.1) is 0 Å². The lowest BCUT2D eigenvalue weighted by molar-refractivity contribution is 0.319. The third kappa shape index (κ3) is 1.91. The SMILES string of the molecule is CSc1nncc(/C(C)=N\O)n1. The fourth-order valence-corrected chi connectivity index (χ4v) is 0.918. The molecule has 0 aliphatic heterocycles. The predicted octanol–water partition coefficient (Wildman–Crippen LogP) is 0.792. The third-order valence-electron chi connectivity index (χ3n) is 1.24. The van der Waals surface area contributed by atoms with E-state index in [1.54, 1.807) is 6.92 Å². The van der Waals surface area contributed by atoms with E-state index in [9.17, 15) is 0 Å². The Morgan fingerprint density at radius 3 is 3.00 bits per heavy atom. The summed E-state index contributed by atoms with van der Waals surface area (Å²) in [5, 5.41) is 19.5. The Morgan fingerprint density at radius 2 is 2.42 bits per heavy atom. The molecule has 0 radical (unpaired) electrons. The first-order valence-electron chi connectivity index (χ1n) is 3.20. The largest absolute Gasteiger partial charge is 0.411 e. The zero-order valence-electron chi connectivity index (χ0n) is 6.72. The van der Waals surface area contributed by atoms with E-state index in [0.29, 0.717) is 16.6 Å². The van der Waals surface area contributed by atoms with Crippen molar-refractivity contribution in [3.05, 3.63) is 11.9 Å². The number of aromatic nitrogens is 3. The standard InChI is InChI=1S/C6H8N4OS/c1-4(10-11)5-3-7-9-6(8-5)12-2/h3,11H,1-2H3/b10-4-. The van der Waals surface area contributed by atoms with E-state index in [2.05, 4.69) is 20.3 Å². The molecule has 0 amide bonds. The highest BCUT2D eigenvalue weighted by atomic mass is 32.2. The monoisotopic (exact) mass is 184 g/mol. The highest BCUT2D eigenvalue weighted by Crippen LogP contribution is 2.06. The molecule has 1 N–H and O–H groups in total. The second-order valence-electron chi connectivity index (χ2n) is 2.01. The number of oxime groups is 1. The molecule has 0 bridgehead atoms. The molecule has 0 saturated heterocycles. The normalized spacial score (nSPS) is 11.7. The van der Waals surface area contributed by atoms with Crippen molar-refractivity contribution >= 4 is 17.5 Å². The molecule has 1 heterocycles. The molecule has 1 aromatic rings. The van der Waals surface area contributed by atoms with Gasteiger partial charge in [0.2, 0.25) is 5.16 Å². The highest BCUT2D eigenvalue weighted by Gasteiger charge is 2.02. The van der Waals surface area contributed by atoms with Gasteiger partial charge in [0.15, 0.2) is 0 Å². The van der Waals surface area contributed by atoms with Gasteiger partial charge in [-0.15, -0.1) is 5.10 Å². The second kappa shape index (κ2) is 4.01. The van der Waals surface area contributed by atoms with E-state index < -0.39 is 0 Å². The number of thioether (sulfide) groups is 1. The van der Waals surface area contributed by atoms with Crippen LogP contribution in [-0.4, -0.2) is 32.4 Å². The minimum absolute atomic E-state index is 0.431. The van der Waals surface area contributed by atoms with Gasteiger partial charge in [0.25, 0.3) is 0 Å². The fraction of sp³-hybridized carbons (Fsp3) is 0.333. The molecule has 0 aliphatic rings. The maximum absolute atomic E-state index is 8.44. The van der Waals surface area contributed by atoms with Crippen molar-refractivity contribution in [1.29, 1.82) is 0 Å². The van der Waals surface area contributed by atoms with Gasteiger partial charge in [-0.1, -0.05) is 16.9 Å². The highest BCUT2D eigenvalue weighted by molar-refractivity contribution is 7.98. The molecule has 0 unspecified atom stereocenters. The van der Waals surface area contributed by atoms with E-state index in [-0.39, 0.29) is 0 Å². The van der Waals surface area contributed by atoms with Crippen LogP contribution in [0.15, 0.2) is 16.5 Å². The molecule has 0 saturated carbocycles. The van der Waals surface area contributed by atoms with Gasteiger partial charge in [0.1, 0.15) is 11.4 Å². The minimum atomic E-state index is 0.431. The first-order chi connectivity index (χ1) is 5.77. The Morgan fingerprint density at radius 1 is 1.67 bits per heavy atom. The lowest BCUT2D eigenvalue weighted by Gasteiger charge is -1.96. The van der Waals surface area contributed by atoms with Gasteiger partial charge in [0.05, 0.1) is 6.20 Å². The second-order valence-corrected chi connectivity index (χ2v) is 2.79. The summed E-state index contributed by atoms with van der Waals surface area (Å²) >= 11 is 1.39. The zero-order valence-corrected chi connectivity index (χ0v) is 7.54. The van der Waals surface area contributed by atoms with E-state index in [0.717, 1.165) is 0 Å². The number of hydrogen-bond donors (Lipinski definition) is 1. The molecule has 6 heteroatoms. The van der Waals surface area contributed by atoms with Gasteiger partial charge in [0, 0.05) is 0 Å². The summed E-state index contributed by atoms with van der Waals surface area (Å²) < 4.78 is 0. The topological polar surface area (TPSA) is 71.3 Å². The summed E-state index contributed by atoms with van der Waals surface area (Å²) in [7, 11) is 0. The van der Waals surface area contributed by atoms with Crippen LogP contribution in [0.4, 0.5) is 0 Å². The van der Waals surface area contributed by atoms with Crippen LogP contribution in [0.2, 0.25) is 0 Å². The summed E-state index contributed by atoms with van der Waals surface area (Å²) in [6.07, 6.45) is 3.31. The van der Waals surface area contributed by atoms with Crippen LogP contribution in [-0.2, 0) is 0 Å². The summed E-state index contributed by atoms with van der Waals surface area (Å²) in [4.78, 5) is 4.06. The van der Waals surface area contributed by atoms with Crippen LogP contribution < -0.4 is 0 Å². The molecule has 12 heavy (non-hydrogen) atoms. The molecule has 0 aromatic carbocycles. The van der Waals surface area contributed by atoms with Crippen molar-refractivity contribution in [3.63, 3.8) is 0 Å². The van der Waals surface area contributed by atoms with E-state index in [4.69, 9.17) is 5.21 Å². The molecule has 0 fully saturated rings. The predicted molar refractivity (Wildman–Crippen MR) is 45.6 cm³/mol. The van der Waals surface area contributed by atoms with Gasteiger partial charge in [-0.2, -0.15) is 5.10 Å². The summed E-state index contributed by atoms with van der Waals surface area (Å²) in [6.45, 7) is 1.65. The first-order valence-corrected chi connectivity index (χ1v) is 4.43. The molecule has 0 aliphatic carbocycles. The first kappa shape index (κ1) is 8.92. The van der Waals surface area contributed by atoms with Crippen LogP contribution in [0.3, 0.4) is 0 Å². The van der Waals surface area contributed by atoms with Gasteiger partial charge >= 0.3 is 0 Å². The number of nitrogens with zero attached hydrogens (tertiary/aromatic N) is 4. The lowest BCUT2D eigenvalue weighted by Crippen LogP contribution is -2.02. The number of hydrogen-bond acceptors (Lipinski definition) is 6. The van der Waals surface area contributed by atoms with Crippen LogP contribution in [0.1, 0.15) is 12.6 Å². The molecular formula is C6H8N4OS. The van der Waals surface area contributed by atoms with Crippen molar-refractivity contribution in [2.24, 2.45) is 5.16 Å². The van der Waals surface area contributed by atoms with Gasteiger partial charge in [-0.3, -0.25) is 0 Å². The summed E-state index contributed by atoms with van der Waals surface area (Å²) in [5.74, 6) is 0. The Labute approximate surface area is 73.9 Å². The molecule has 0 spiro atoms. The molecule has 5 nitrogen and oxygen atoms in total. The average molecular weight is 184 g/mol. The van der Waals surface area contributed by atoms with Crippen LogP contribution in [0.25, 0.3) is 0 Å². The third-order valence-corrected chi connectivity index (χ3v) is 1.78. The van der Waals surface area contributed by atoms with Crippen LogP contribution in [0.5, 0.6) is 0 Å². The van der Waals surface area contributed by atoms with Crippen molar-refractivity contribution in [2.75, 3.05) is 6.26 Å². The summed E-state index contributed by atoms with van der Waals surface area (Å²) in [6, 6.07) is 0. The quantitative estimate of drug-likeness (QED) is 0.318. The van der Waals surface area contributed by atoms with E-state index in [1.165, 1.54) is 18.0 Å². The minimum Gasteiger partial charge on any atom is -0.411 e. The smallest absolute Gasteiger partial charge is 0.209 e. The van der Waals surface area contributed by atoms with Crippen molar-refractivity contribution in [2.45, 2.75) is 12.1 Å². The molecule has 0 atom stereocenters. The maximum Gasteiger partial charge on any atom is 0.209 e. The van der Waals surface area contributed by atoms with Gasteiger partial charge < -0.3 is 5.21 Å². The molecular weight excluding hydrogens is 176 g/mol. The lowest BCUT2D eigenvalue weighted by atomic mass is 10.3. The molecule has 1 rings (SSSR count). The van der Waals surface area contributed by atoms with E-state index >= 15 is 0 Å². The Bertz CT molecular complexity index is 301. The fourth-order valence-electron chi connectivity index (χ4n) is 0.599. The average Bonchev–Trinajstić information content (AvgIpc) is 2.17. The van der Waals surface area contributed by atoms with E-state index in [1.807, 2.05) is 6.26 Å². The molecule has 1 aromatic heterocycles. The Balaban J connectivity index is 3.02. The van der Waals surface area contributed by atoms with Crippen LogP contribution >= 0.6 is 11.8 Å². The number of rotatable bonds is 2. The van der Waals surface area contributed by atoms with Crippen molar-refractivity contribution < 1.29 is 5.21 Å². The summed E-state index contributed by atoms with van der Waals surface area (Å²) in [5.41, 5.74) is 0.969. The maximum atomic E-state index is 8.44. The molecule has 64 valence electrons. The zero-order chi connectivity index (χ0) is 8.97. The Kier molecular flexibility index (Phi) is 2.98. The van der Waals surface area contributed by atoms with Crippen molar-refractivity contribution in [3.8, 4) is 0 Å². The van der Waals surface area contributed by atoms with Crippen molar-refractivity contribution in [1.82, 2.24) is 15.2 Å². The van der Waals surface area contributed by atoms with Gasteiger partial charge in [-0.05, 0) is 13.2 Å².